The summed E-state index contributed by atoms with van der Waals surface area (Å²) < 4.78 is 40.0. The Hall–Kier alpha value is -2.82. The molecule has 11 heteroatoms. The summed E-state index contributed by atoms with van der Waals surface area (Å²) in [6.07, 6.45) is -0.981. The van der Waals surface area contributed by atoms with Crippen LogP contribution in [0.15, 0.2) is 33.9 Å². The van der Waals surface area contributed by atoms with Crippen molar-refractivity contribution in [1.82, 2.24) is 19.7 Å². The van der Waals surface area contributed by atoms with Crippen molar-refractivity contribution in [2.24, 2.45) is 0 Å². The summed E-state index contributed by atoms with van der Waals surface area (Å²) >= 11 is 0. The van der Waals surface area contributed by atoms with Crippen LogP contribution in [-0.4, -0.2) is 58.9 Å². The van der Waals surface area contributed by atoms with Gasteiger partial charge in [0, 0.05) is 45.0 Å². The summed E-state index contributed by atoms with van der Waals surface area (Å²) in [5, 5.41) is 9.19. The number of nitrogens with zero attached hydrogens (tertiary/aromatic N) is 4. The lowest BCUT2D eigenvalue weighted by molar-refractivity contribution is -0.137. The highest BCUT2D eigenvalue weighted by Crippen LogP contribution is 2.31. The van der Waals surface area contributed by atoms with Crippen molar-refractivity contribution in [2.75, 3.05) is 49.5 Å². The van der Waals surface area contributed by atoms with E-state index in [-0.39, 0.29) is 5.82 Å². The highest BCUT2D eigenvalue weighted by molar-refractivity contribution is 5.49. The lowest BCUT2D eigenvalue weighted by Crippen LogP contribution is -2.46. The fraction of sp³-hybridized carbons (Fsp3) is 0.591. The first-order valence-corrected chi connectivity index (χ1v) is 11.4. The summed E-state index contributed by atoms with van der Waals surface area (Å²) in [5.41, 5.74) is -0.920. The Morgan fingerprint density at radius 3 is 2.52 bits per heavy atom. The zero-order valence-electron chi connectivity index (χ0n) is 18.8. The molecule has 1 saturated heterocycles. The first-order valence-electron chi connectivity index (χ1n) is 11.4. The largest absolute Gasteiger partial charge is 0.416 e. The molecule has 1 fully saturated rings. The number of unbranched alkanes of at least 4 members (excludes halogenated alkanes) is 2. The molecular formula is C22H31F3N6O2. The smallest absolute Gasteiger partial charge is 0.369 e. The molecule has 0 bridgehead atoms. The highest BCUT2D eigenvalue weighted by atomic mass is 19.4. The number of aromatic nitrogens is 3. The van der Waals surface area contributed by atoms with Crippen LogP contribution in [0.1, 0.15) is 38.2 Å². The molecule has 8 nitrogen and oxygen atoms in total. The summed E-state index contributed by atoms with van der Waals surface area (Å²) in [4.78, 5) is 28.4. The van der Waals surface area contributed by atoms with Gasteiger partial charge in [-0.25, -0.2) is 9.89 Å². The number of hydrogen-bond acceptors (Lipinski definition) is 6. The van der Waals surface area contributed by atoms with E-state index in [1.54, 1.807) is 6.07 Å². The number of hydrogen-bond donors (Lipinski definition) is 2. The molecule has 0 atom stereocenters. The average Bonchev–Trinajstić information content (AvgIpc) is 2.80. The van der Waals surface area contributed by atoms with Gasteiger partial charge in [-0.1, -0.05) is 19.4 Å². The number of nitrogens with one attached hydrogen (secondary N) is 2. The van der Waals surface area contributed by atoms with Crippen LogP contribution in [0, 0.1) is 0 Å². The quantitative estimate of drug-likeness (QED) is 0.522. The molecular weight excluding hydrogens is 437 g/mol. The number of alkyl halides is 3. The molecule has 33 heavy (non-hydrogen) atoms. The standard InChI is InChI=1S/C22H31F3N6O2/c1-2-3-11-31-20(32)19(27-28-21(31)33)26-9-4-5-10-29-12-14-30(15-13-29)18-8-6-7-17(16-18)22(23,24)25/h6-8,16H,2-5,9-15H2,1H3,(H,26,27)(H,28,33). The van der Waals surface area contributed by atoms with Gasteiger partial charge in [0.25, 0.3) is 5.56 Å². The molecule has 2 heterocycles. The summed E-state index contributed by atoms with van der Waals surface area (Å²) in [6, 6.07) is 5.48. The van der Waals surface area contributed by atoms with Gasteiger partial charge in [0.05, 0.1) is 5.56 Å². The predicted octanol–water partition coefficient (Wildman–Crippen LogP) is 2.76. The topological polar surface area (TPSA) is 86.3 Å². The van der Waals surface area contributed by atoms with E-state index in [2.05, 4.69) is 20.4 Å². The second-order valence-corrected chi connectivity index (χ2v) is 8.20. The van der Waals surface area contributed by atoms with Crippen molar-refractivity contribution in [2.45, 2.75) is 45.3 Å². The van der Waals surface area contributed by atoms with Crippen LogP contribution in [0.2, 0.25) is 0 Å². The Morgan fingerprint density at radius 1 is 1.06 bits per heavy atom. The summed E-state index contributed by atoms with van der Waals surface area (Å²) in [6.45, 7) is 6.72. The van der Waals surface area contributed by atoms with Gasteiger partial charge in [0.1, 0.15) is 0 Å². The van der Waals surface area contributed by atoms with Crippen molar-refractivity contribution < 1.29 is 13.2 Å². The van der Waals surface area contributed by atoms with Gasteiger partial charge >= 0.3 is 11.9 Å². The lowest BCUT2D eigenvalue weighted by Gasteiger charge is -2.36. The van der Waals surface area contributed by atoms with Crippen LogP contribution in [0.5, 0.6) is 0 Å². The molecule has 1 aliphatic heterocycles. The van der Waals surface area contributed by atoms with Crippen molar-refractivity contribution in [3.8, 4) is 0 Å². The van der Waals surface area contributed by atoms with Crippen LogP contribution >= 0.6 is 0 Å². The van der Waals surface area contributed by atoms with Gasteiger partial charge in [0.2, 0.25) is 5.82 Å². The van der Waals surface area contributed by atoms with Crippen LogP contribution in [0.4, 0.5) is 24.7 Å². The molecule has 0 aliphatic carbocycles. The number of benzene rings is 1. The molecule has 3 rings (SSSR count). The van der Waals surface area contributed by atoms with E-state index in [1.807, 2.05) is 11.8 Å². The van der Waals surface area contributed by atoms with Crippen molar-refractivity contribution in [1.29, 1.82) is 0 Å². The van der Waals surface area contributed by atoms with Gasteiger partial charge in [-0.15, -0.1) is 5.10 Å². The highest BCUT2D eigenvalue weighted by Gasteiger charge is 2.31. The number of anilines is 2. The molecule has 2 N–H and O–H groups in total. The van der Waals surface area contributed by atoms with Crippen LogP contribution in [-0.2, 0) is 12.7 Å². The fourth-order valence-electron chi connectivity index (χ4n) is 3.84. The predicted molar refractivity (Wildman–Crippen MR) is 122 cm³/mol. The van der Waals surface area contributed by atoms with Crippen LogP contribution in [0.25, 0.3) is 0 Å². The maximum absolute atomic E-state index is 12.9. The second kappa shape index (κ2) is 11.4. The Morgan fingerprint density at radius 2 is 1.82 bits per heavy atom. The third-order valence-electron chi connectivity index (χ3n) is 5.80. The molecule has 1 aromatic heterocycles. The molecule has 2 aromatic rings. The first-order chi connectivity index (χ1) is 15.8. The Balaban J connectivity index is 1.39. The average molecular weight is 469 g/mol. The van der Waals surface area contributed by atoms with Crippen LogP contribution < -0.4 is 21.5 Å². The summed E-state index contributed by atoms with van der Waals surface area (Å²) in [7, 11) is 0. The second-order valence-electron chi connectivity index (χ2n) is 8.20. The van der Waals surface area contributed by atoms with E-state index in [0.29, 0.717) is 31.9 Å². The minimum Gasteiger partial charge on any atom is -0.369 e. The number of aromatic amines is 1. The van der Waals surface area contributed by atoms with Crippen LogP contribution in [0.3, 0.4) is 0 Å². The third-order valence-corrected chi connectivity index (χ3v) is 5.80. The first kappa shape index (κ1) is 24.8. The maximum atomic E-state index is 12.9. The molecule has 0 spiro atoms. The van der Waals surface area contributed by atoms with Gasteiger partial charge in [0.15, 0.2) is 0 Å². The third kappa shape index (κ3) is 6.83. The van der Waals surface area contributed by atoms with Gasteiger partial charge in [-0.05, 0) is 44.0 Å². The number of piperazine rings is 1. The van der Waals surface area contributed by atoms with E-state index in [9.17, 15) is 22.8 Å². The molecule has 0 unspecified atom stereocenters. The Labute approximate surface area is 190 Å². The fourth-order valence-corrected chi connectivity index (χ4v) is 3.84. The van der Waals surface area contributed by atoms with Crippen molar-refractivity contribution in [3.63, 3.8) is 0 Å². The lowest BCUT2D eigenvalue weighted by atomic mass is 10.1. The molecule has 0 radical (unpaired) electrons. The van der Waals surface area contributed by atoms with Gasteiger partial charge < -0.3 is 10.2 Å². The molecule has 1 aromatic carbocycles. The molecule has 0 amide bonds. The van der Waals surface area contributed by atoms with E-state index in [1.165, 1.54) is 16.7 Å². The van der Waals surface area contributed by atoms with Crippen molar-refractivity contribution >= 4 is 11.5 Å². The summed E-state index contributed by atoms with van der Waals surface area (Å²) in [5.74, 6) is 0.153. The monoisotopic (exact) mass is 468 g/mol. The minimum atomic E-state index is -4.33. The number of H-pyrrole nitrogens is 1. The van der Waals surface area contributed by atoms with Gasteiger partial charge in [-0.2, -0.15) is 13.2 Å². The zero-order chi connectivity index (χ0) is 23.8. The van der Waals surface area contributed by atoms with E-state index < -0.39 is 23.0 Å². The SMILES string of the molecule is CCCCn1c(=O)[nH]nc(NCCCCN2CCN(c3cccc(C(F)(F)F)c3)CC2)c1=O. The normalized spacial score (nSPS) is 15.1. The zero-order valence-corrected chi connectivity index (χ0v) is 18.8. The Kier molecular flexibility index (Phi) is 8.54. The maximum Gasteiger partial charge on any atom is 0.416 e. The Bertz CT molecular complexity index is 1010. The van der Waals surface area contributed by atoms with Gasteiger partial charge in [-0.3, -0.25) is 14.3 Å². The van der Waals surface area contributed by atoms with E-state index in [0.717, 1.165) is 51.4 Å². The minimum absolute atomic E-state index is 0.153. The van der Waals surface area contributed by atoms with E-state index >= 15 is 0 Å². The molecule has 182 valence electrons. The van der Waals surface area contributed by atoms with Crippen molar-refractivity contribution in [3.05, 3.63) is 50.7 Å². The molecule has 0 saturated carbocycles. The number of halogens is 3. The molecule has 1 aliphatic rings. The van der Waals surface area contributed by atoms with E-state index in [4.69, 9.17) is 0 Å². The number of rotatable bonds is 10.